The fraction of sp³-hybridized carbons (Fsp3) is 0.182. The minimum atomic E-state index is -0.196. The number of benzene rings is 2. The minimum absolute atomic E-state index is 0.158. The summed E-state index contributed by atoms with van der Waals surface area (Å²) in [5, 5.41) is 8.76. The highest BCUT2D eigenvalue weighted by molar-refractivity contribution is 5.73. The number of nitrogens with zero attached hydrogens (tertiary/aromatic N) is 3. The second kappa shape index (κ2) is 8.72. The van der Waals surface area contributed by atoms with Crippen LogP contribution in [0.15, 0.2) is 60.9 Å². The van der Waals surface area contributed by atoms with E-state index >= 15 is 0 Å². The van der Waals surface area contributed by atoms with E-state index in [1.807, 2.05) is 61.5 Å². The molecule has 3 aromatic rings. The van der Waals surface area contributed by atoms with Crippen molar-refractivity contribution in [2.24, 2.45) is 0 Å². The maximum absolute atomic E-state index is 11.7. The summed E-state index contributed by atoms with van der Waals surface area (Å²) in [6.07, 6.45) is 5.54. The van der Waals surface area contributed by atoms with Crippen LogP contribution in [0.25, 0.3) is 22.3 Å². The Kier molecular flexibility index (Phi) is 5.91. The molecule has 1 aromatic heterocycles. The minimum Gasteiger partial charge on any atom is -0.427 e. The van der Waals surface area contributed by atoms with Crippen molar-refractivity contribution >= 4 is 5.97 Å². The van der Waals surface area contributed by atoms with Crippen LogP contribution in [0.4, 0.5) is 0 Å². The van der Waals surface area contributed by atoms with Crippen LogP contribution in [-0.2, 0) is 4.79 Å². The Morgan fingerprint density at radius 3 is 1.96 bits per heavy atom. The highest BCUT2D eigenvalue weighted by atomic mass is 16.5. The third kappa shape index (κ3) is 4.77. The number of nitriles is 1. The van der Waals surface area contributed by atoms with Crippen molar-refractivity contribution in [2.75, 3.05) is 0 Å². The molecule has 3 rings (SSSR count). The first-order valence-electron chi connectivity index (χ1n) is 8.83. The molecule has 0 spiro atoms. The molecular weight excluding hydrogens is 338 g/mol. The zero-order valence-corrected chi connectivity index (χ0v) is 15.1. The monoisotopic (exact) mass is 357 g/mol. The van der Waals surface area contributed by atoms with Crippen LogP contribution in [0.5, 0.6) is 5.75 Å². The third-order valence-corrected chi connectivity index (χ3v) is 4.12. The lowest BCUT2D eigenvalue weighted by Gasteiger charge is -2.07. The van der Waals surface area contributed by atoms with Gasteiger partial charge in [0.2, 0.25) is 5.82 Å². The summed E-state index contributed by atoms with van der Waals surface area (Å²) < 4.78 is 5.33. The summed E-state index contributed by atoms with van der Waals surface area (Å²) in [5.41, 5.74) is 3.92. The van der Waals surface area contributed by atoms with Gasteiger partial charge in [-0.25, -0.2) is 9.97 Å². The Labute approximate surface area is 158 Å². The second-order valence-corrected chi connectivity index (χ2v) is 6.09. The summed E-state index contributed by atoms with van der Waals surface area (Å²) in [6.45, 7) is 2.04. The highest BCUT2D eigenvalue weighted by Crippen LogP contribution is 2.26. The van der Waals surface area contributed by atoms with Crippen molar-refractivity contribution in [1.29, 1.82) is 5.26 Å². The van der Waals surface area contributed by atoms with Crippen molar-refractivity contribution in [3.05, 3.63) is 66.7 Å². The van der Waals surface area contributed by atoms with Gasteiger partial charge in [0.1, 0.15) is 11.8 Å². The molecule has 0 unspecified atom stereocenters. The van der Waals surface area contributed by atoms with Crippen LogP contribution < -0.4 is 4.74 Å². The van der Waals surface area contributed by atoms with E-state index in [0.717, 1.165) is 35.1 Å². The summed E-state index contributed by atoms with van der Waals surface area (Å²) >= 11 is 0. The predicted molar refractivity (Wildman–Crippen MR) is 103 cm³/mol. The van der Waals surface area contributed by atoms with Crippen LogP contribution in [0.3, 0.4) is 0 Å². The Bertz CT molecular complexity index is 941. The summed E-state index contributed by atoms with van der Waals surface area (Å²) in [5.74, 6) is 0.524. The van der Waals surface area contributed by atoms with E-state index in [0.29, 0.717) is 12.2 Å². The molecule has 0 radical (unpaired) electrons. The van der Waals surface area contributed by atoms with Crippen molar-refractivity contribution in [1.82, 2.24) is 9.97 Å². The quantitative estimate of drug-likeness (QED) is 0.469. The Balaban J connectivity index is 1.69. The zero-order chi connectivity index (χ0) is 19.1. The average Bonchev–Trinajstić information content (AvgIpc) is 2.73. The lowest BCUT2D eigenvalue weighted by atomic mass is 10.0. The first-order valence-corrected chi connectivity index (χ1v) is 8.83. The van der Waals surface area contributed by atoms with E-state index in [1.54, 1.807) is 12.4 Å². The largest absolute Gasteiger partial charge is 0.427 e. The fourth-order valence-electron chi connectivity index (χ4n) is 2.61. The van der Waals surface area contributed by atoms with Gasteiger partial charge in [0.25, 0.3) is 0 Å². The van der Waals surface area contributed by atoms with Gasteiger partial charge in [-0.05, 0) is 35.2 Å². The van der Waals surface area contributed by atoms with Gasteiger partial charge in [-0.2, -0.15) is 5.26 Å². The average molecular weight is 357 g/mol. The summed E-state index contributed by atoms with van der Waals surface area (Å²) in [7, 11) is 0. The van der Waals surface area contributed by atoms with Crippen molar-refractivity contribution in [2.45, 2.75) is 26.2 Å². The molecule has 0 fully saturated rings. The van der Waals surface area contributed by atoms with E-state index < -0.39 is 0 Å². The van der Waals surface area contributed by atoms with E-state index in [4.69, 9.17) is 10.00 Å². The zero-order valence-electron chi connectivity index (χ0n) is 15.1. The van der Waals surface area contributed by atoms with Gasteiger partial charge in [-0.15, -0.1) is 0 Å². The Hall–Kier alpha value is -3.52. The predicted octanol–water partition coefficient (Wildman–Crippen LogP) is 4.78. The van der Waals surface area contributed by atoms with Crippen LogP contribution in [-0.4, -0.2) is 15.9 Å². The van der Waals surface area contributed by atoms with Gasteiger partial charge < -0.3 is 4.74 Å². The second-order valence-electron chi connectivity index (χ2n) is 6.09. The van der Waals surface area contributed by atoms with Crippen LogP contribution in [0.2, 0.25) is 0 Å². The lowest BCUT2D eigenvalue weighted by molar-refractivity contribution is -0.134. The number of aromatic nitrogens is 2. The molecule has 0 saturated heterocycles. The smallest absolute Gasteiger partial charge is 0.311 e. The Morgan fingerprint density at radius 2 is 1.44 bits per heavy atom. The number of carbonyl (C=O) groups is 1. The first-order chi connectivity index (χ1) is 13.2. The number of ether oxygens (including phenoxy) is 1. The molecule has 0 N–H and O–H groups in total. The number of hydrogen-bond donors (Lipinski definition) is 0. The molecule has 2 aromatic carbocycles. The van der Waals surface area contributed by atoms with E-state index in [2.05, 4.69) is 9.97 Å². The maximum atomic E-state index is 11.7. The number of rotatable bonds is 6. The number of carbonyl (C=O) groups excluding carboxylic acids is 1. The molecule has 27 heavy (non-hydrogen) atoms. The molecule has 1 heterocycles. The standard InChI is InChI=1S/C22H19N3O2/c1-2-3-4-22(26)27-20-11-9-17(10-12-20)16-5-7-18(8-6-16)19-14-24-21(13-23)25-15-19/h5-12,14-15H,2-4H2,1H3. The SMILES string of the molecule is CCCCC(=O)Oc1ccc(-c2ccc(-c3cnc(C#N)nc3)cc2)cc1. The molecule has 134 valence electrons. The molecule has 0 amide bonds. The molecule has 0 atom stereocenters. The lowest BCUT2D eigenvalue weighted by Crippen LogP contribution is -2.07. The molecule has 5 heteroatoms. The van der Waals surface area contributed by atoms with Crippen LogP contribution in [0, 0.1) is 11.3 Å². The van der Waals surface area contributed by atoms with Gasteiger partial charge in [0.05, 0.1) is 0 Å². The van der Waals surface area contributed by atoms with Crippen molar-refractivity contribution < 1.29 is 9.53 Å². The molecular formula is C22H19N3O2. The van der Waals surface area contributed by atoms with Crippen molar-refractivity contribution in [3.63, 3.8) is 0 Å². The highest BCUT2D eigenvalue weighted by Gasteiger charge is 2.06. The van der Waals surface area contributed by atoms with Gasteiger partial charge in [0.15, 0.2) is 0 Å². The van der Waals surface area contributed by atoms with E-state index in [9.17, 15) is 4.79 Å². The number of unbranched alkanes of at least 4 members (excludes halogenated alkanes) is 1. The van der Waals surface area contributed by atoms with E-state index in [1.165, 1.54) is 0 Å². The van der Waals surface area contributed by atoms with Gasteiger partial charge >= 0.3 is 5.97 Å². The van der Waals surface area contributed by atoms with Gasteiger partial charge in [-0.3, -0.25) is 4.79 Å². The number of hydrogen-bond acceptors (Lipinski definition) is 5. The summed E-state index contributed by atoms with van der Waals surface area (Å²) in [6, 6.07) is 17.4. The van der Waals surface area contributed by atoms with Gasteiger partial charge in [0, 0.05) is 24.4 Å². The third-order valence-electron chi connectivity index (χ3n) is 4.12. The fourth-order valence-corrected chi connectivity index (χ4v) is 2.61. The molecule has 0 bridgehead atoms. The molecule has 0 saturated carbocycles. The topological polar surface area (TPSA) is 75.9 Å². The van der Waals surface area contributed by atoms with Crippen LogP contribution >= 0.6 is 0 Å². The van der Waals surface area contributed by atoms with Crippen molar-refractivity contribution in [3.8, 4) is 34.1 Å². The van der Waals surface area contributed by atoms with Gasteiger partial charge in [-0.1, -0.05) is 49.7 Å². The van der Waals surface area contributed by atoms with Crippen LogP contribution in [0.1, 0.15) is 32.0 Å². The summed E-state index contributed by atoms with van der Waals surface area (Å²) in [4.78, 5) is 19.7. The molecule has 0 aliphatic rings. The molecule has 0 aliphatic carbocycles. The first kappa shape index (κ1) is 18.3. The molecule has 5 nitrogen and oxygen atoms in total. The maximum Gasteiger partial charge on any atom is 0.311 e. The Morgan fingerprint density at radius 1 is 0.926 bits per heavy atom. The number of esters is 1. The normalized spacial score (nSPS) is 10.2. The van der Waals surface area contributed by atoms with E-state index in [-0.39, 0.29) is 11.8 Å². The molecule has 0 aliphatic heterocycles.